The van der Waals surface area contributed by atoms with Gasteiger partial charge in [0.05, 0.1) is 11.3 Å². The number of rotatable bonds is 7. The summed E-state index contributed by atoms with van der Waals surface area (Å²) in [5.41, 5.74) is 1.03. The Labute approximate surface area is 124 Å². The molecule has 1 aromatic carbocycles. The topological polar surface area (TPSA) is 12.0 Å². The summed E-state index contributed by atoms with van der Waals surface area (Å²) in [5, 5.41) is 2.83. The number of hydrogen-bond donors (Lipinski definition) is 1. The van der Waals surface area contributed by atoms with Gasteiger partial charge in [0.15, 0.2) is 0 Å². The number of allylic oxidation sites excluding steroid dienone is 1. The van der Waals surface area contributed by atoms with Crippen LogP contribution < -0.4 is 5.32 Å². The van der Waals surface area contributed by atoms with E-state index in [1.807, 2.05) is 13.8 Å². The molecule has 0 fully saturated rings. The largest absolute Gasteiger partial charge is 0.362 e. The highest BCUT2D eigenvalue weighted by Crippen LogP contribution is 2.30. The molecule has 21 heavy (non-hydrogen) atoms. The molecule has 116 valence electrons. The van der Waals surface area contributed by atoms with E-state index in [2.05, 4.69) is 18.8 Å². The van der Waals surface area contributed by atoms with E-state index in [0.29, 0.717) is 17.8 Å². The first kappa shape index (κ1) is 17.3. The second-order valence-corrected chi connectivity index (χ2v) is 5.25. The minimum atomic E-state index is -0.925. The van der Waals surface area contributed by atoms with Gasteiger partial charge in [-0.15, -0.1) is 0 Å². The van der Waals surface area contributed by atoms with Crippen molar-refractivity contribution >= 4 is 5.70 Å². The van der Waals surface area contributed by atoms with Crippen LogP contribution in [0.1, 0.15) is 45.6 Å². The van der Waals surface area contributed by atoms with Crippen molar-refractivity contribution in [1.82, 2.24) is 5.32 Å². The fourth-order valence-corrected chi connectivity index (χ4v) is 2.28. The fourth-order valence-electron chi connectivity index (χ4n) is 2.28. The Morgan fingerprint density at radius 2 is 1.81 bits per heavy atom. The van der Waals surface area contributed by atoms with Crippen LogP contribution in [-0.2, 0) is 0 Å². The van der Waals surface area contributed by atoms with Gasteiger partial charge < -0.3 is 5.32 Å². The predicted molar refractivity (Wildman–Crippen MR) is 80.9 cm³/mol. The smallest absolute Gasteiger partial charge is 0.138 e. The van der Waals surface area contributed by atoms with Gasteiger partial charge in [-0.1, -0.05) is 33.8 Å². The molecule has 1 N–H and O–H groups in total. The average Bonchev–Trinajstić information content (AvgIpc) is 2.37. The van der Waals surface area contributed by atoms with Gasteiger partial charge in [0.2, 0.25) is 0 Å². The third-order valence-electron chi connectivity index (χ3n) is 3.32. The van der Waals surface area contributed by atoms with Gasteiger partial charge in [0.25, 0.3) is 0 Å². The normalized spacial score (nSPS) is 12.3. The molecule has 0 aliphatic heterocycles. The molecule has 4 heteroatoms. The molecular formula is C17H22F3N. The Kier molecular flexibility index (Phi) is 6.53. The third-order valence-corrected chi connectivity index (χ3v) is 3.32. The molecular weight excluding hydrogens is 275 g/mol. The Balaban J connectivity index is 3.49. The maximum absolute atomic E-state index is 14.0. The van der Waals surface area contributed by atoms with Crippen LogP contribution in [0.15, 0.2) is 30.5 Å². The van der Waals surface area contributed by atoms with Crippen LogP contribution in [0.5, 0.6) is 0 Å². The van der Waals surface area contributed by atoms with E-state index in [9.17, 15) is 13.2 Å². The Hall–Kier alpha value is -1.71. The summed E-state index contributed by atoms with van der Waals surface area (Å²) in [6, 6.07) is 1.39. The highest BCUT2D eigenvalue weighted by molar-refractivity contribution is 5.69. The van der Waals surface area contributed by atoms with Crippen LogP contribution in [0.2, 0.25) is 0 Å². The molecule has 0 aliphatic rings. The number of benzene rings is 1. The average molecular weight is 297 g/mol. The van der Waals surface area contributed by atoms with Crippen molar-refractivity contribution in [3.05, 3.63) is 53.5 Å². The van der Waals surface area contributed by atoms with Gasteiger partial charge >= 0.3 is 0 Å². The molecule has 0 amide bonds. The molecule has 0 radical (unpaired) electrons. The third kappa shape index (κ3) is 4.38. The lowest BCUT2D eigenvalue weighted by Crippen LogP contribution is -2.14. The van der Waals surface area contributed by atoms with Crippen LogP contribution >= 0.6 is 0 Å². The van der Waals surface area contributed by atoms with Crippen LogP contribution in [-0.4, -0.2) is 0 Å². The van der Waals surface area contributed by atoms with Crippen molar-refractivity contribution in [1.29, 1.82) is 0 Å². The zero-order valence-corrected chi connectivity index (χ0v) is 12.8. The van der Waals surface area contributed by atoms with Crippen molar-refractivity contribution in [2.24, 2.45) is 5.92 Å². The number of nitrogens with one attached hydrogen (secondary N) is 1. The van der Waals surface area contributed by atoms with Gasteiger partial charge in [-0.25, -0.2) is 13.2 Å². The van der Waals surface area contributed by atoms with E-state index in [1.165, 1.54) is 6.20 Å². The molecule has 0 unspecified atom stereocenters. The van der Waals surface area contributed by atoms with E-state index in [0.717, 1.165) is 24.8 Å². The molecule has 1 nitrogen and oxygen atoms in total. The van der Waals surface area contributed by atoms with Crippen molar-refractivity contribution in [3.63, 3.8) is 0 Å². The predicted octanol–water partition coefficient (Wildman–Crippen LogP) is 5.39. The lowest BCUT2D eigenvalue weighted by Gasteiger charge is -2.20. The minimum Gasteiger partial charge on any atom is -0.362 e. The quantitative estimate of drug-likeness (QED) is 0.711. The number of hydrogen-bond acceptors (Lipinski definition) is 1. The summed E-state index contributed by atoms with van der Waals surface area (Å²) in [6.07, 6.45) is 4.00. The van der Waals surface area contributed by atoms with Crippen molar-refractivity contribution in [3.8, 4) is 0 Å². The SMILES string of the molecule is C=CN/C(=C(\CCCC)C(C)C)c1c(F)cc(F)cc1F. The maximum Gasteiger partial charge on any atom is 0.138 e. The fraction of sp³-hybridized carbons (Fsp3) is 0.412. The molecule has 0 saturated heterocycles. The van der Waals surface area contributed by atoms with E-state index in [1.54, 1.807) is 0 Å². The zero-order chi connectivity index (χ0) is 16.0. The van der Waals surface area contributed by atoms with Gasteiger partial charge in [0.1, 0.15) is 17.5 Å². The highest BCUT2D eigenvalue weighted by atomic mass is 19.1. The second-order valence-electron chi connectivity index (χ2n) is 5.25. The summed E-state index contributed by atoms with van der Waals surface area (Å²) >= 11 is 0. The summed E-state index contributed by atoms with van der Waals surface area (Å²) in [7, 11) is 0. The Morgan fingerprint density at radius 3 is 2.24 bits per heavy atom. The molecule has 1 aromatic rings. The molecule has 0 heterocycles. The van der Waals surface area contributed by atoms with Gasteiger partial charge in [-0.3, -0.25) is 0 Å². The van der Waals surface area contributed by atoms with E-state index >= 15 is 0 Å². The van der Waals surface area contributed by atoms with Gasteiger partial charge in [0, 0.05) is 12.1 Å². The molecule has 0 spiro atoms. The van der Waals surface area contributed by atoms with Crippen molar-refractivity contribution in [2.45, 2.75) is 40.0 Å². The summed E-state index contributed by atoms with van der Waals surface area (Å²) in [5.74, 6) is -2.63. The van der Waals surface area contributed by atoms with Crippen molar-refractivity contribution < 1.29 is 13.2 Å². The molecule has 1 rings (SSSR count). The molecule has 0 aliphatic carbocycles. The first-order valence-electron chi connectivity index (χ1n) is 7.17. The standard InChI is InChI=1S/C17H22F3N/c1-5-7-8-13(11(3)4)17(21-6-2)16-14(19)9-12(18)10-15(16)20/h6,9-11,21H,2,5,7-8H2,1,3-4H3/b17-13+. The van der Waals surface area contributed by atoms with Crippen molar-refractivity contribution in [2.75, 3.05) is 0 Å². The molecule has 0 bridgehead atoms. The maximum atomic E-state index is 14.0. The van der Waals surface area contributed by atoms with E-state index in [4.69, 9.17) is 0 Å². The summed E-state index contributed by atoms with van der Waals surface area (Å²) < 4.78 is 41.2. The summed E-state index contributed by atoms with van der Waals surface area (Å²) in [6.45, 7) is 9.55. The van der Waals surface area contributed by atoms with Gasteiger partial charge in [-0.2, -0.15) is 0 Å². The van der Waals surface area contributed by atoms with E-state index in [-0.39, 0.29) is 11.5 Å². The molecule has 0 atom stereocenters. The highest BCUT2D eigenvalue weighted by Gasteiger charge is 2.20. The van der Waals surface area contributed by atoms with Crippen LogP contribution in [0, 0.1) is 23.4 Å². The Morgan fingerprint density at radius 1 is 1.24 bits per heavy atom. The Bertz CT molecular complexity index is 510. The van der Waals surface area contributed by atoms with Gasteiger partial charge in [-0.05, 0) is 30.5 Å². The van der Waals surface area contributed by atoms with Crippen LogP contribution in [0.4, 0.5) is 13.2 Å². The second kappa shape index (κ2) is 7.91. The monoisotopic (exact) mass is 297 g/mol. The first-order chi connectivity index (χ1) is 9.92. The lowest BCUT2D eigenvalue weighted by molar-refractivity contribution is 0.536. The van der Waals surface area contributed by atoms with Crippen LogP contribution in [0.25, 0.3) is 5.70 Å². The minimum absolute atomic E-state index is 0.114. The number of halogens is 3. The molecule has 0 saturated carbocycles. The number of unbranched alkanes of at least 4 members (excludes halogenated alkanes) is 1. The van der Waals surface area contributed by atoms with E-state index < -0.39 is 17.5 Å². The molecule has 0 aromatic heterocycles. The lowest BCUT2D eigenvalue weighted by atomic mass is 9.92. The van der Waals surface area contributed by atoms with Crippen LogP contribution in [0.3, 0.4) is 0 Å². The zero-order valence-electron chi connectivity index (χ0n) is 12.8. The summed E-state index contributed by atoms with van der Waals surface area (Å²) in [4.78, 5) is 0. The first-order valence-corrected chi connectivity index (χ1v) is 7.17.